The zero-order chi connectivity index (χ0) is 17.1. The molecule has 2 fully saturated rings. The van der Waals surface area contributed by atoms with Crippen molar-refractivity contribution in [2.24, 2.45) is 0 Å². The first-order valence-corrected chi connectivity index (χ1v) is 8.87. The number of carbonyl (C=O) groups excluding carboxylic acids is 1. The van der Waals surface area contributed by atoms with Crippen molar-refractivity contribution in [1.82, 2.24) is 24.4 Å². The molecule has 4 heterocycles. The van der Waals surface area contributed by atoms with Crippen LogP contribution in [0.2, 0.25) is 0 Å². The van der Waals surface area contributed by atoms with E-state index in [2.05, 4.69) is 19.5 Å². The van der Waals surface area contributed by atoms with Crippen LogP contribution in [0.4, 0.5) is 0 Å². The van der Waals surface area contributed by atoms with Gasteiger partial charge in [0.15, 0.2) is 0 Å². The third kappa shape index (κ3) is 3.56. The standard InChI is InChI=1S/C18H23N5O2/c24-17(3-2-15-9-20-13-21-10-15)22-6-1-4-18(12-22)8-16(11-25-18)23-7-5-19-14-23/h5,7,9-10,13-14,16H,1-4,6,8,11-12H2. The Morgan fingerprint density at radius 2 is 2.20 bits per heavy atom. The molecular formula is C18H23N5O2. The summed E-state index contributed by atoms with van der Waals surface area (Å²) in [5.41, 5.74) is 0.804. The predicted octanol–water partition coefficient (Wildman–Crippen LogP) is 1.63. The fourth-order valence-electron chi connectivity index (χ4n) is 3.96. The third-order valence-corrected chi connectivity index (χ3v) is 5.27. The minimum absolute atomic E-state index is 0.192. The summed E-state index contributed by atoms with van der Waals surface area (Å²) in [6, 6.07) is 0.319. The van der Waals surface area contributed by atoms with E-state index in [1.165, 1.54) is 6.33 Å². The van der Waals surface area contributed by atoms with Gasteiger partial charge in [-0.15, -0.1) is 0 Å². The monoisotopic (exact) mass is 341 g/mol. The number of imidazole rings is 1. The molecule has 132 valence electrons. The Kier molecular flexibility index (Phi) is 4.48. The first-order chi connectivity index (χ1) is 12.2. The Labute approximate surface area is 147 Å². The van der Waals surface area contributed by atoms with Crippen LogP contribution in [0.5, 0.6) is 0 Å². The van der Waals surface area contributed by atoms with Crippen molar-refractivity contribution in [3.63, 3.8) is 0 Å². The minimum Gasteiger partial charge on any atom is -0.371 e. The van der Waals surface area contributed by atoms with Crippen molar-refractivity contribution < 1.29 is 9.53 Å². The number of likely N-dealkylation sites (tertiary alicyclic amines) is 1. The molecule has 2 aliphatic rings. The molecule has 2 saturated heterocycles. The van der Waals surface area contributed by atoms with Gasteiger partial charge in [-0.3, -0.25) is 4.79 Å². The molecule has 4 rings (SSSR count). The van der Waals surface area contributed by atoms with E-state index in [4.69, 9.17) is 4.74 Å². The second-order valence-corrected chi connectivity index (χ2v) is 7.03. The van der Waals surface area contributed by atoms with Crippen LogP contribution in [-0.4, -0.2) is 55.6 Å². The summed E-state index contributed by atoms with van der Waals surface area (Å²) in [5, 5.41) is 0. The van der Waals surface area contributed by atoms with Crippen molar-refractivity contribution in [2.45, 2.75) is 43.7 Å². The van der Waals surface area contributed by atoms with Crippen LogP contribution >= 0.6 is 0 Å². The van der Waals surface area contributed by atoms with Gasteiger partial charge >= 0.3 is 0 Å². The molecule has 0 bridgehead atoms. The molecule has 0 aliphatic carbocycles. The summed E-state index contributed by atoms with van der Waals surface area (Å²) in [7, 11) is 0. The highest BCUT2D eigenvalue weighted by atomic mass is 16.5. The normalized spacial score (nSPS) is 26.2. The molecule has 1 amide bonds. The molecule has 0 N–H and O–H groups in total. The molecule has 2 aliphatic heterocycles. The van der Waals surface area contributed by atoms with Crippen molar-refractivity contribution in [1.29, 1.82) is 0 Å². The van der Waals surface area contributed by atoms with Gasteiger partial charge in [-0.1, -0.05) is 0 Å². The van der Waals surface area contributed by atoms with E-state index in [1.807, 2.05) is 17.4 Å². The van der Waals surface area contributed by atoms with Crippen LogP contribution in [0.25, 0.3) is 0 Å². The Morgan fingerprint density at radius 1 is 1.32 bits per heavy atom. The molecule has 25 heavy (non-hydrogen) atoms. The van der Waals surface area contributed by atoms with Crippen LogP contribution in [0.1, 0.15) is 37.3 Å². The van der Waals surface area contributed by atoms with Crippen molar-refractivity contribution in [3.05, 3.63) is 43.0 Å². The van der Waals surface area contributed by atoms with Gasteiger partial charge in [0, 0.05) is 50.7 Å². The molecule has 2 atom stereocenters. The number of piperidine rings is 1. The summed E-state index contributed by atoms with van der Waals surface area (Å²) in [6.45, 7) is 2.22. The molecule has 1 spiro atoms. The quantitative estimate of drug-likeness (QED) is 0.845. The summed E-state index contributed by atoms with van der Waals surface area (Å²) in [4.78, 5) is 26.7. The second-order valence-electron chi connectivity index (χ2n) is 7.03. The topological polar surface area (TPSA) is 73.1 Å². The third-order valence-electron chi connectivity index (χ3n) is 5.27. The molecular weight excluding hydrogens is 318 g/mol. The Bertz CT molecular complexity index is 706. The molecule has 2 aromatic rings. The molecule has 7 heteroatoms. The summed E-state index contributed by atoms with van der Waals surface area (Å²) >= 11 is 0. The number of nitrogens with zero attached hydrogens (tertiary/aromatic N) is 5. The zero-order valence-electron chi connectivity index (χ0n) is 14.3. The summed E-state index contributed by atoms with van der Waals surface area (Å²) < 4.78 is 8.31. The van der Waals surface area contributed by atoms with E-state index in [1.54, 1.807) is 18.6 Å². The maximum absolute atomic E-state index is 12.6. The van der Waals surface area contributed by atoms with Gasteiger partial charge < -0.3 is 14.2 Å². The largest absolute Gasteiger partial charge is 0.371 e. The summed E-state index contributed by atoms with van der Waals surface area (Å²) in [5.74, 6) is 0.192. The predicted molar refractivity (Wildman–Crippen MR) is 90.7 cm³/mol. The van der Waals surface area contributed by atoms with Crippen LogP contribution in [0.15, 0.2) is 37.4 Å². The first-order valence-electron chi connectivity index (χ1n) is 8.87. The molecule has 0 saturated carbocycles. The highest BCUT2D eigenvalue weighted by Crippen LogP contribution is 2.39. The van der Waals surface area contributed by atoms with E-state index < -0.39 is 0 Å². The van der Waals surface area contributed by atoms with E-state index in [0.717, 1.165) is 31.4 Å². The fourth-order valence-corrected chi connectivity index (χ4v) is 3.96. The first kappa shape index (κ1) is 16.2. The zero-order valence-corrected chi connectivity index (χ0v) is 14.3. The van der Waals surface area contributed by atoms with Crippen molar-refractivity contribution in [3.8, 4) is 0 Å². The minimum atomic E-state index is -0.196. The lowest BCUT2D eigenvalue weighted by atomic mass is 9.88. The molecule has 0 radical (unpaired) electrons. The number of amides is 1. The number of hydrogen-bond acceptors (Lipinski definition) is 5. The maximum Gasteiger partial charge on any atom is 0.223 e. The van der Waals surface area contributed by atoms with E-state index >= 15 is 0 Å². The van der Waals surface area contributed by atoms with Gasteiger partial charge in [0.2, 0.25) is 5.91 Å². The van der Waals surface area contributed by atoms with Gasteiger partial charge in [-0.25, -0.2) is 15.0 Å². The van der Waals surface area contributed by atoms with Gasteiger partial charge in [-0.2, -0.15) is 0 Å². The van der Waals surface area contributed by atoms with Crippen LogP contribution in [0.3, 0.4) is 0 Å². The molecule has 7 nitrogen and oxygen atoms in total. The number of ether oxygens (including phenoxy) is 1. The highest BCUT2D eigenvalue weighted by molar-refractivity contribution is 5.76. The van der Waals surface area contributed by atoms with Crippen molar-refractivity contribution in [2.75, 3.05) is 19.7 Å². The lowest BCUT2D eigenvalue weighted by Crippen LogP contribution is -2.50. The number of rotatable bonds is 4. The second kappa shape index (κ2) is 6.92. The van der Waals surface area contributed by atoms with Gasteiger partial charge in [-0.05, 0) is 24.8 Å². The fraction of sp³-hybridized carbons (Fsp3) is 0.556. The average Bonchev–Trinajstić information content (AvgIpc) is 3.31. The number of aryl methyl sites for hydroxylation is 1. The Balaban J connectivity index is 1.35. The smallest absolute Gasteiger partial charge is 0.223 e. The SMILES string of the molecule is O=C(CCc1cncnc1)N1CCCC2(CC(n3ccnc3)CO2)C1. The number of aromatic nitrogens is 4. The molecule has 0 aromatic carbocycles. The van der Waals surface area contributed by atoms with Crippen LogP contribution in [0, 0.1) is 0 Å². The van der Waals surface area contributed by atoms with Gasteiger partial charge in [0.1, 0.15) is 6.33 Å². The van der Waals surface area contributed by atoms with Gasteiger partial charge in [0.05, 0.1) is 24.6 Å². The van der Waals surface area contributed by atoms with Crippen molar-refractivity contribution >= 4 is 5.91 Å². The number of hydrogen-bond donors (Lipinski definition) is 0. The van der Waals surface area contributed by atoms with E-state index in [9.17, 15) is 4.79 Å². The van der Waals surface area contributed by atoms with E-state index in [0.29, 0.717) is 32.0 Å². The van der Waals surface area contributed by atoms with Crippen LogP contribution in [-0.2, 0) is 16.0 Å². The lowest BCUT2D eigenvalue weighted by Gasteiger charge is -2.39. The Morgan fingerprint density at radius 3 is 3.00 bits per heavy atom. The summed E-state index contributed by atoms with van der Waals surface area (Å²) in [6.07, 6.45) is 14.8. The van der Waals surface area contributed by atoms with Crippen LogP contribution < -0.4 is 0 Å². The maximum atomic E-state index is 12.6. The molecule has 2 unspecified atom stereocenters. The Hall–Kier alpha value is -2.28. The van der Waals surface area contributed by atoms with E-state index in [-0.39, 0.29) is 11.5 Å². The average molecular weight is 341 g/mol. The lowest BCUT2D eigenvalue weighted by molar-refractivity contribution is -0.139. The highest BCUT2D eigenvalue weighted by Gasteiger charge is 2.44. The molecule has 2 aromatic heterocycles. The number of carbonyl (C=O) groups is 1. The van der Waals surface area contributed by atoms with Gasteiger partial charge in [0.25, 0.3) is 0 Å².